The number of furan rings is 2. The molecule has 2 heterocycles. The molecule has 0 fully saturated rings. The van der Waals surface area contributed by atoms with Gasteiger partial charge in [-0.3, -0.25) is 4.79 Å². The van der Waals surface area contributed by atoms with Gasteiger partial charge in [-0.15, -0.1) is 0 Å². The highest BCUT2D eigenvalue weighted by Gasteiger charge is 2.24. The molecule has 0 saturated heterocycles. The average Bonchev–Trinajstić information content (AvgIpc) is 3.12. The van der Waals surface area contributed by atoms with Crippen molar-refractivity contribution in [3.63, 3.8) is 0 Å². The van der Waals surface area contributed by atoms with Crippen LogP contribution in [0, 0.1) is 6.92 Å². The second-order valence-corrected chi connectivity index (χ2v) is 5.04. The average molecular weight is 321 g/mol. The molecule has 1 amide bonds. The number of aryl methyl sites for hydroxylation is 2. The van der Waals surface area contributed by atoms with Gasteiger partial charge < -0.3 is 24.0 Å². The normalized spacial score (nSPS) is 12.1. The van der Waals surface area contributed by atoms with Crippen molar-refractivity contribution < 1.29 is 28.3 Å². The molecule has 1 unspecified atom stereocenters. The Hall–Kier alpha value is -2.54. The highest BCUT2D eigenvalue weighted by molar-refractivity contribution is 5.96. The largest absolute Gasteiger partial charge is 0.478 e. The number of nitrogens with one attached hydrogen (secondary N) is 1. The van der Waals surface area contributed by atoms with Crippen molar-refractivity contribution in [1.82, 2.24) is 5.32 Å². The molecule has 0 radical (unpaired) electrons. The van der Waals surface area contributed by atoms with Crippen molar-refractivity contribution in [3.05, 3.63) is 46.8 Å². The minimum absolute atomic E-state index is 0.00483. The van der Waals surface area contributed by atoms with Gasteiger partial charge in [-0.2, -0.15) is 0 Å². The molecule has 0 aromatic carbocycles. The van der Waals surface area contributed by atoms with Gasteiger partial charge in [0, 0.05) is 19.6 Å². The third-order valence-electron chi connectivity index (χ3n) is 3.33. The van der Waals surface area contributed by atoms with E-state index in [0.717, 1.165) is 5.76 Å². The minimum atomic E-state index is -1.13. The number of carbonyl (C=O) groups excluding carboxylic acids is 1. The third kappa shape index (κ3) is 3.81. The lowest BCUT2D eigenvalue weighted by Gasteiger charge is -2.14. The molecular weight excluding hydrogens is 302 g/mol. The van der Waals surface area contributed by atoms with Crippen molar-refractivity contribution in [2.45, 2.75) is 26.3 Å². The number of hydrogen-bond donors (Lipinski definition) is 2. The number of ether oxygens (including phenoxy) is 1. The standard InChI is InChI=1S/C16H19NO6/c1-4-12-10(16(19)20)7-14(23-12)15(18)17-11(8-21-3)13-6-5-9(2)22-13/h5-7,11H,4,8H2,1-3H3,(H,17,18)(H,19,20). The first-order chi connectivity index (χ1) is 11.0. The van der Waals surface area contributed by atoms with Gasteiger partial charge in [-0.25, -0.2) is 4.79 Å². The Morgan fingerprint density at radius 3 is 2.57 bits per heavy atom. The molecule has 23 heavy (non-hydrogen) atoms. The fraction of sp³-hybridized carbons (Fsp3) is 0.375. The first-order valence-corrected chi connectivity index (χ1v) is 7.18. The number of amides is 1. The lowest BCUT2D eigenvalue weighted by molar-refractivity contribution is 0.0694. The van der Waals surface area contributed by atoms with Gasteiger partial charge in [0.1, 0.15) is 28.9 Å². The number of carboxylic acids is 1. The van der Waals surface area contributed by atoms with Gasteiger partial charge in [-0.05, 0) is 19.1 Å². The molecule has 0 saturated carbocycles. The number of hydrogen-bond acceptors (Lipinski definition) is 5. The van der Waals surface area contributed by atoms with Crippen molar-refractivity contribution >= 4 is 11.9 Å². The highest BCUT2D eigenvalue weighted by Crippen LogP contribution is 2.20. The Labute approximate surface area is 133 Å². The lowest BCUT2D eigenvalue weighted by Crippen LogP contribution is -2.30. The quantitative estimate of drug-likeness (QED) is 0.812. The molecule has 0 aliphatic rings. The molecule has 2 aromatic heterocycles. The highest BCUT2D eigenvalue weighted by atomic mass is 16.5. The van der Waals surface area contributed by atoms with E-state index in [4.69, 9.17) is 18.7 Å². The Morgan fingerprint density at radius 1 is 1.35 bits per heavy atom. The summed E-state index contributed by atoms with van der Waals surface area (Å²) in [5, 5.41) is 11.8. The Bertz CT molecular complexity index is 699. The molecule has 124 valence electrons. The summed E-state index contributed by atoms with van der Waals surface area (Å²) >= 11 is 0. The maximum absolute atomic E-state index is 12.3. The first-order valence-electron chi connectivity index (χ1n) is 7.18. The van der Waals surface area contributed by atoms with Crippen molar-refractivity contribution in [2.75, 3.05) is 13.7 Å². The van der Waals surface area contributed by atoms with Crippen LogP contribution in [0.5, 0.6) is 0 Å². The molecule has 7 heteroatoms. The van der Waals surface area contributed by atoms with E-state index in [1.54, 1.807) is 26.0 Å². The fourth-order valence-electron chi connectivity index (χ4n) is 2.22. The summed E-state index contributed by atoms with van der Waals surface area (Å²) in [5.74, 6) is -0.167. The van der Waals surface area contributed by atoms with Crippen molar-refractivity contribution in [1.29, 1.82) is 0 Å². The lowest BCUT2D eigenvalue weighted by atomic mass is 10.2. The van der Waals surface area contributed by atoms with E-state index >= 15 is 0 Å². The number of methoxy groups -OCH3 is 1. The fourth-order valence-corrected chi connectivity index (χ4v) is 2.22. The van der Waals surface area contributed by atoms with Crippen LogP contribution in [0.3, 0.4) is 0 Å². The maximum atomic E-state index is 12.3. The predicted octanol–water partition coefficient (Wildman–Crippen LogP) is 2.56. The van der Waals surface area contributed by atoms with Gasteiger partial charge in [0.05, 0.1) is 6.61 Å². The Morgan fingerprint density at radius 2 is 2.09 bits per heavy atom. The van der Waals surface area contributed by atoms with Crippen LogP contribution in [0.25, 0.3) is 0 Å². The van der Waals surface area contributed by atoms with Gasteiger partial charge >= 0.3 is 5.97 Å². The summed E-state index contributed by atoms with van der Waals surface area (Å²) in [6.07, 6.45) is 0.383. The van der Waals surface area contributed by atoms with Gasteiger partial charge in [0.25, 0.3) is 5.91 Å². The Balaban J connectivity index is 2.20. The van der Waals surface area contributed by atoms with E-state index < -0.39 is 17.9 Å². The number of rotatable bonds is 7. The molecule has 2 N–H and O–H groups in total. The molecule has 0 aliphatic heterocycles. The summed E-state index contributed by atoms with van der Waals surface area (Å²) in [6, 6.07) is 4.27. The van der Waals surface area contributed by atoms with E-state index in [9.17, 15) is 9.59 Å². The first kappa shape index (κ1) is 16.8. The molecule has 0 spiro atoms. The summed E-state index contributed by atoms with van der Waals surface area (Å²) < 4.78 is 15.9. The summed E-state index contributed by atoms with van der Waals surface area (Å²) in [4.78, 5) is 23.5. The molecule has 2 aromatic rings. The van der Waals surface area contributed by atoms with Crippen LogP contribution < -0.4 is 5.32 Å². The molecular formula is C16H19NO6. The zero-order chi connectivity index (χ0) is 17.0. The minimum Gasteiger partial charge on any atom is -0.478 e. The predicted molar refractivity (Wildman–Crippen MR) is 80.6 cm³/mol. The third-order valence-corrected chi connectivity index (χ3v) is 3.33. The summed E-state index contributed by atoms with van der Waals surface area (Å²) in [5.41, 5.74) is -0.00483. The second kappa shape index (κ2) is 7.15. The number of aromatic carboxylic acids is 1. The zero-order valence-corrected chi connectivity index (χ0v) is 13.2. The molecule has 7 nitrogen and oxygen atoms in total. The monoisotopic (exact) mass is 321 g/mol. The van der Waals surface area contributed by atoms with Crippen molar-refractivity contribution in [2.24, 2.45) is 0 Å². The van der Waals surface area contributed by atoms with E-state index in [0.29, 0.717) is 12.2 Å². The smallest absolute Gasteiger partial charge is 0.339 e. The zero-order valence-electron chi connectivity index (χ0n) is 13.2. The van der Waals surface area contributed by atoms with E-state index in [1.807, 2.05) is 0 Å². The van der Waals surface area contributed by atoms with Gasteiger partial charge in [-0.1, -0.05) is 6.92 Å². The molecule has 2 rings (SSSR count). The van der Waals surface area contributed by atoms with E-state index in [2.05, 4.69) is 5.32 Å². The summed E-state index contributed by atoms with van der Waals surface area (Å²) in [7, 11) is 1.51. The molecule has 0 bridgehead atoms. The molecule has 0 aliphatic carbocycles. The van der Waals surface area contributed by atoms with Gasteiger partial charge in [0.2, 0.25) is 0 Å². The molecule has 1 atom stereocenters. The van der Waals surface area contributed by atoms with Crippen LogP contribution >= 0.6 is 0 Å². The van der Waals surface area contributed by atoms with Crippen LogP contribution in [0.15, 0.2) is 27.0 Å². The Kier molecular flexibility index (Phi) is 5.23. The number of carboxylic acid groups (broad SMARTS) is 1. The van der Waals surface area contributed by atoms with Crippen LogP contribution in [-0.2, 0) is 11.2 Å². The van der Waals surface area contributed by atoms with Crippen molar-refractivity contribution in [3.8, 4) is 0 Å². The maximum Gasteiger partial charge on any atom is 0.339 e. The van der Waals surface area contributed by atoms with Crippen LogP contribution in [0.1, 0.15) is 51.2 Å². The van der Waals surface area contributed by atoms with Crippen LogP contribution in [-0.4, -0.2) is 30.7 Å². The van der Waals surface area contributed by atoms with Crippen LogP contribution in [0.4, 0.5) is 0 Å². The van der Waals surface area contributed by atoms with Gasteiger partial charge in [0.15, 0.2) is 5.76 Å². The summed E-state index contributed by atoms with van der Waals surface area (Å²) in [6.45, 7) is 3.77. The van der Waals surface area contributed by atoms with Crippen LogP contribution in [0.2, 0.25) is 0 Å². The SMILES string of the molecule is CCc1oc(C(=O)NC(COC)c2ccc(C)o2)cc1C(=O)O. The van der Waals surface area contributed by atoms with E-state index in [1.165, 1.54) is 13.2 Å². The topological polar surface area (TPSA) is 102 Å². The number of carbonyl (C=O) groups is 2. The van der Waals surface area contributed by atoms with E-state index in [-0.39, 0.29) is 23.7 Å². The second-order valence-electron chi connectivity index (χ2n) is 5.04.